The Hall–Kier alpha value is -1.72. The van der Waals surface area contributed by atoms with E-state index >= 15 is 0 Å². The molecule has 5 nitrogen and oxygen atoms in total. The van der Waals surface area contributed by atoms with E-state index in [0.29, 0.717) is 10.6 Å². The molecule has 7 heteroatoms. The predicted molar refractivity (Wildman–Crippen MR) is 79.9 cm³/mol. The summed E-state index contributed by atoms with van der Waals surface area (Å²) in [6.45, 7) is 3.42. The fourth-order valence-corrected chi connectivity index (χ4v) is 2.03. The average molecular weight is 333 g/mol. The van der Waals surface area contributed by atoms with Gasteiger partial charge in [0.15, 0.2) is 6.10 Å². The summed E-state index contributed by atoms with van der Waals surface area (Å²) in [4.78, 5) is 22.2. The Morgan fingerprint density at radius 2 is 2.05 bits per heavy atom. The number of esters is 1. The highest BCUT2D eigenvalue weighted by atomic mass is 35.5. The van der Waals surface area contributed by atoms with Crippen molar-refractivity contribution in [2.75, 3.05) is 6.61 Å². The van der Waals surface area contributed by atoms with Crippen LogP contribution in [0.5, 0.6) is 5.75 Å². The van der Waals surface area contributed by atoms with Crippen molar-refractivity contribution in [3.8, 4) is 5.75 Å². The van der Waals surface area contributed by atoms with Crippen molar-refractivity contribution in [2.24, 2.45) is 0 Å². The van der Waals surface area contributed by atoms with Crippen LogP contribution < -0.4 is 4.74 Å². The highest BCUT2D eigenvalue weighted by Crippen LogP contribution is 2.34. The maximum absolute atomic E-state index is 11.6. The van der Waals surface area contributed by atoms with Crippen LogP contribution in [0.4, 0.5) is 0 Å². The average Bonchev–Trinajstić information content (AvgIpc) is 2.39. The third kappa shape index (κ3) is 5.28. The van der Waals surface area contributed by atoms with Crippen molar-refractivity contribution in [3.05, 3.63) is 33.8 Å². The van der Waals surface area contributed by atoms with Crippen LogP contribution in [0.25, 0.3) is 6.08 Å². The maximum atomic E-state index is 11.6. The molecule has 0 aliphatic carbocycles. The summed E-state index contributed by atoms with van der Waals surface area (Å²) in [5.74, 6) is -1.51. The highest BCUT2D eigenvalue weighted by molar-refractivity contribution is 6.36. The molecule has 0 radical (unpaired) electrons. The molecular weight excluding hydrogens is 319 g/mol. The van der Waals surface area contributed by atoms with E-state index in [2.05, 4.69) is 0 Å². The molecule has 0 aromatic heterocycles. The number of carboxylic acid groups (broad SMARTS) is 1. The zero-order chi connectivity index (χ0) is 16.0. The minimum Gasteiger partial charge on any atom is -0.478 e. The van der Waals surface area contributed by atoms with Crippen molar-refractivity contribution in [2.45, 2.75) is 20.0 Å². The monoisotopic (exact) mass is 332 g/mol. The van der Waals surface area contributed by atoms with E-state index in [9.17, 15) is 9.59 Å². The number of halogens is 2. The zero-order valence-electron chi connectivity index (χ0n) is 11.4. The lowest BCUT2D eigenvalue weighted by atomic mass is 10.2. The van der Waals surface area contributed by atoms with Gasteiger partial charge >= 0.3 is 11.9 Å². The summed E-state index contributed by atoms with van der Waals surface area (Å²) in [5, 5.41) is 9.17. The Labute approximate surface area is 132 Å². The first kappa shape index (κ1) is 17.3. The molecule has 0 saturated carbocycles. The Morgan fingerprint density at radius 1 is 1.38 bits per heavy atom. The predicted octanol–water partition coefficient (Wildman–Crippen LogP) is 3.42. The molecule has 0 saturated heterocycles. The molecule has 0 amide bonds. The fraction of sp³-hybridized carbons (Fsp3) is 0.286. The third-order valence-corrected chi connectivity index (χ3v) is 2.85. The number of aliphatic carboxylic acids is 1. The van der Waals surface area contributed by atoms with Gasteiger partial charge in [0.1, 0.15) is 5.75 Å². The zero-order valence-corrected chi connectivity index (χ0v) is 12.9. The number of hydrogen-bond acceptors (Lipinski definition) is 4. The molecule has 0 bridgehead atoms. The van der Waals surface area contributed by atoms with Crippen LogP contribution in [-0.2, 0) is 14.3 Å². The summed E-state index contributed by atoms with van der Waals surface area (Å²) in [5.41, 5.74) is 0.353. The topological polar surface area (TPSA) is 72.8 Å². The molecule has 21 heavy (non-hydrogen) atoms. The molecule has 1 unspecified atom stereocenters. The summed E-state index contributed by atoms with van der Waals surface area (Å²) >= 11 is 11.9. The minimum atomic E-state index is -1.13. The highest BCUT2D eigenvalue weighted by Gasteiger charge is 2.19. The van der Waals surface area contributed by atoms with Gasteiger partial charge in [-0.15, -0.1) is 0 Å². The van der Waals surface area contributed by atoms with E-state index in [4.69, 9.17) is 37.8 Å². The van der Waals surface area contributed by atoms with Gasteiger partial charge in [-0.2, -0.15) is 0 Å². The van der Waals surface area contributed by atoms with Crippen molar-refractivity contribution >= 4 is 41.2 Å². The second-order valence-corrected chi connectivity index (χ2v) is 4.83. The normalized spacial score (nSPS) is 12.2. The molecule has 1 atom stereocenters. The summed E-state index contributed by atoms with van der Waals surface area (Å²) in [6.07, 6.45) is 1.32. The quantitative estimate of drug-likeness (QED) is 0.638. The van der Waals surface area contributed by atoms with Crippen molar-refractivity contribution < 1.29 is 24.2 Å². The van der Waals surface area contributed by atoms with E-state index in [0.717, 1.165) is 6.08 Å². The molecule has 1 rings (SSSR count). The van der Waals surface area contributed by atoms with Crippen LogP contribution in [0.3, 0.4) is 0 Å². The van der Waals surface area contributed by atoms with Crippen LogP contribution in [-0.4, -0.2) is 29.8 Å². The van der Waals surface area contributed by atoms with Gasteiger partial charge in [-0.05, 0) is 32.1 Å². The number of hydrogen-bond donors (Lipinski definition) is 1. The molecule has 1 aromatic rings. The van der Waals surface area contributed by atoms with Crippen LogP contribution in [0, 0.1) is 0 Å². The smallest absolute Gasteiger partial charge is 0.347 e. The van der Waals surface area contributed by atoms with Crippen LogP contribution in [0.15, 0.2) is 18.2 Å². The first-order chi connectivity index (χ1) is 9.85. The first-order valence-electron chi connectivity index (χ1n) is 6.08. The van der Waals surface area contributed by atoms with Gasteiger partial charge in [0.05, 0.1) is 11.6 Å². The number of carbonyl (C=O) groups is 2. The Morgan fingerprint density at radius 3 is 2.62 bits per heavy atom. The fourth-order valence-electron chi connectivity index (χ4n) is 1.47. The van der Waals surface area contributed by atoms with Crippen molar-refractivity contribution in [1.29, 1.82) is 0 Å². The molecule has 0 spiro atoms. The minimum absolute atomic E-state index is 0.166. The molecule has 114 valence electrons. The van der Waals surface area contributed by atoms with Crippen molar-refractivity contribution in [1.82, 2.24) is 0 Å². The summed E-state index contributed by atoms with van der Waals surface area (Å²) in [7, 11) is 0. The van der Waals surface area contributed by atoms with E-state index in [1.807, 2.05) is 0 Å². The van der Waals surface area contributed by atoms with Gasteiger partial charge < -0.3 is 14.6 Å². The Kier molecular flexibility index (Phi) is 6.52. The number of rotatable bonds is 6. The lowest BCUT2D eigenvalue weighted by Gasteiger charge is -2.16. The van der Waals surface area contributed by atoms with Gasteiger partial charge in [-0.3, -0.25) is 0 Å². The molecule has 1 N–H and O–H groups in total. The van der Waals surface area contributed by atoms with Crippen molar-refractivity contribution in [3.63, 3.8) is 0 Å². The molecule has 0 fully saturated rings. The Balaban J connectivity index is 3.09. The van der Waals surface area contributed by atoms with Gasteiger partial charge in [0.2, 0.25) is 0 Å². The van der Waals surface area contributed by atoms with Gasteiger partial charge in [0.25, 0.3) is 0 Å². The van der Waals surface area contributed by atoms with E-state index < -0.39 is 18.0 Å². The number of carboxylic acids is 1. The van der Waals surface area contributed by atoms with Crippen LogP contribution in [0.2, 0.25) is 10.0 Å². The molecular formula is C14H14Cl2O5. The first-order valence-corrected chi connectivity index (χ1v) is 6.84. The summed E-state index contributed by atoms with van der Waals surface area (Å²) in [6, 6.07) is 2.93. The lowest BCUT2D eigenvalue weighted by Crippen LogP contribution is -2.26. The van der Waals surface area contributed by atoms with Gasteiger partial charge in [-0.25, -0.2) is 9.59 Å². The summed E-state index contributed by atoms with van der Waals surface area (Å²) < 4.78 is 10.3. The number of benzene rings is 1. The molecule has 1 aromatic carbocycles. The van der Waals surface area contributed by atoms with Gasteiger partial charge in [0, 0.05) is 16.7 Å². The van der Waals surface area contributed by atoms with E-state index in [-0.39, 0.29) is 17.4 Å². The van der Waals surface area contributed by atoms with Gasteiger partial charge in [-0.1, -0.05) is 23.2 Å². The standard InChI is InChI=1S/C14H14Cl2O5/c1-3-20-14(19)8(2)21-13-9(4-5-12(17)18)6-10(15)7-11(13)16/h4-8H,3H2,1-2H3,(H,17,18). The molecule has 0 aliphatic heterocycles. The molecule has 0 heterocycles. The van der Waals surface area contributed by atoms with E-state index in [1.54, 1.807) is 6.92 Å². The number of ether oxygens (including phenoxy) is 2. The second-order valence-electron chi connectivity index (χ2n) is 3.99. The number of carbonyl (C=O) groups excluding carboxylic acids is 1. The van der Waals surface area contributed by atoms with Crippen LogP contribution in [0.1, 0.15) is 19.4 Å². The second kappa shape index (κ2) is 7.90. The molecule has 0 aliphatic rings. The third-order valence-electron chi connectivity index (χ3n) is 2.36. The lowest BCUT2D eigenvalue weighted by molar-refractivity contribution is -0.150. The Bertz CT molecular complexity index is 569. The van der Waals surface area contributed by atoms with E-state index in [1.165, 1.54) is 25.1 Å². The largest absolute Gasteiger partial charge is 0.478 e. The van der Waals surface area contributed by atoms with Crippen LogP contribution >= 0.6 is 23.2 Å². The maximum Gasteiger partial charge on any atom is 0.347 e. The SMILES string of the molecule is CCOC(=O)C(C)Oc1c(Cl)cc(Cl)cc1C=CC(=O)O.